The number of fused-ring (bicyclic) bond motifs is 1. The molecule has 0 bridgehead atoms. The standard InChI is InChI=1S/C19H28N6/c1-14(19-21-22-23-24(19)2)20-18-10-6-9-16-12-25(13-17(16)18)11-15-7-4-3-5-8-15/h3-5,7-8,14,16-18,20H,6,9-13H2,1-2H3/t14-,16+,17-,18+/m0/s1. The highest BCUT2D eigenvalue weighted by molar-refractivity contribution is 5.15. The summed E-state index contributed by atoms with van der Waals surface area (Å²) >= 11 is 0. The first-order valence-electron chi connectivity index (χ1n) is 9.45. The van der Waals surface area contributed by atoms with Crippen LogP contribution in [0, 0.1) is 11.8 Å². The predicted octanol–water partition coefficient (Wildman–Crippen LogP) is 2.16. The molecule has 0 unspecified atom stereocenters. The summed E-state index contributed by atoms with van der Waals surface area (Å²) in [4.78, 5) is 2.64. The van der Waals surface area contributed by atoms with E-state index in [2.05, 4.69) is 63.0 Å². The van der Waals surface area contributed by atoms with Crippen molar-refractivity contribution in [1.82, 2.24) is 30.4 Å². The molecule has 25 heavy (non-hydrogen) atoms. The van der Waals surface area contributed by atoms with E-state index in [0.29, 0.717) is 6.04 Å². The maximum absolute atomic E-state index is 4.17. The van der Waals surface area contributed by atoms with Gasteiger partial charge in [0.25, 0.3) is 0 Å². The fraction of sp³-hybridized carbons (Fsp3) is 0.632. The van der Waals surface area contributed by atoms with E-state index < -0.39 is 0 Å². The van der Waals surface area contributed by atoms with Crippen molar-refractivity contribution in [3.8, 4) is 0 Å². The average molecular weight is 340 g/mol. The molecule has 134 valence electrons. The zero-order valence-electron chi connectivity index (χ0n) is 15.2. The van der Waals surface area contributed by atoms with E-state index >= 15 is 0 Å². The van der Waals surface area contributed by atoms with Crippen LogP contribution in [0.1, 0.15) is 43.6 Å². The molecule has 1 N–H and O–H groups in total. The van der Waals surface area contributed by atoms with Gasteiger partial charge in [0.05, 0.1) is 6.04 Å². The summed E-state index contributed by atoms with van der Waals surface area (Å²) < 4.78 is 1.77. The minimum Gasteiger partial charge on any atom is -0.304 e. The van der Waals surface area contributed by atoms with E-state index in [1.54, 1.807) is 4.68 Å². The zero-order chi connectivity index (χ0) is 17.2. The first-order chi connectivity index (χ1) is 12.2. The molecule has 1 saturated carbocycles. The van der Waals surface area contributed by atoms with Crippen molar-refractivity contribution < 1.29 is 0 Å². The summed E-state index contributed by atoms with van der Waals surface area (Å²) in [6, 6.07) is 11.6. The van der Waals surface area contributed by atoms with Gasteiger partial charge in [0.1, 0.15) is 0 Å². The predicted molar refractivity (Wildman–Crippen MR) is 96.7 cm³/mol. The molecule has 1 aliphatic heterocycles. The Balaban J connectivity index is 1.40. The molecule has 1 aromatic heterocycles. The van der Waals surface area contributed by atoms with Crippen LogP contribution < -0.4 is 5.32 Å². The summed E-state index contributed by atoms with van der Waals surface area (Å²) in [5.74, 6) is 2.47. The molecule has 1 saturated heterocycles. The number of aromatic nitrogens is 4. The van der Waals surface area contributed by atoms with Gasteiger partial charge in [0, 0.05) is 32.7 Å². The van der Waals surface area contributed by atoms with Crippen molar-refractivity contribution in [2.24, 2.45) is 18.9 Å². The van der Waals surface area contributed by atoms with Crippen LogP contribution in [-0.4, -0.2) is 44.2 Å². The third kappa shape index (κ3) is 3.60. The van der Waals surface area contributed by atoms with E-state index in [1.807, 2.05) is 7.05 Å². The summed E-state index contributed by atoms with van der Waals surface area (Å²) in [6.07, 6.45) is 3.95. The Kier molecular flexibility index (Phi) is 4.81. The Morgan fingerprint density at radius 3 is 2.80 bits per heavy atom. The lowest BCUT2D eigenvalue weighted by Gasteiger charge is -2.35. The van der Waals surface area contributed by atoms with Gasteiger partial charge in [-0.3, -0.25) is 4.90 Å². The second kappa shape index (κ2) is 7.22. The average Bonchev–Trinajstić information content (AvgIpc) is 3.22. The Labute approximate surface area is 149 Å². The van der Waals surface area contributed by atoms with E-state index in [-0.39, 0.29) is 6.04 Å². The number of tetrazole rings is 1. The third-order valence-electron chi connectivity index (χ3n) is 5.93. The molecule has 0 amide bonds. The summed E-state index contributed by atoms with van der Waals surface area (Å²) in [5.41, 5.74) is 1.42. The smallest absolute Gasteiger partial charge is 0.167 e. The molecule has 1 aromatic carbocycles. The first-order valence-corrected chi connectivity index (χ1v) is 9.45. The Hall–Kier alpha value is -1.79. The highest BCUT2D eigenvalue weighted by Gasteiger charge is 2.40. The molecule has 2 aliphatic rings. The SMILES string of the molecule is C[C@H](N[C@@H]1CCC[C@@H]2CN(Cc3ccccc3)C[C@@H]21)c1nnnn1C. The molecule has 6 heteroatoms. The van der Waals surface area contributed by atoms with Gasteiger partial charge in [0.2, 0.25) is 0 Å². The second-order valence-electron chi connectivity index (χ2n) is 7.69. The topological polar surface area (TPSA) is 58.9 Å². The third-order valence-corrected chi connectivity index (χ3v) is 5.93. The molecule has 0 radical (unpaired) electrons. The Morgan fingerprint density at radius 1 is 1.20 bits per heavy atom. The molecular formula is C19H28N6. The van der Waals surface area contributed by atoms with Crippen LogP contribution in [0.25, 0.3) is 0 Å². The number of nitrogens with zero attached hydrogens (tertiary/aromatic N) is 5. The minimum absolute atomic E-state index is 0.187. The van der Waals surface area contributed by atoms with Crippen LogP contribution in [-0.2, 0) is 13.6 Å². The molecule has 6 nitrogen and oxygen atoms in total. The zero-order valence-corrected chi connectivity index (χ0v) is 15.2. The van der Waals surface area contributed by atoms with Gasteiger partial charge < -0.3 is 5.32 Å². The lowest BCUT2D eigenvalue weighted by Crippen LogP contribution is -2.44. The molecule has 2 fully saturated rings. The summed E-state index contributed by atoms with van der Waals surface area (Å²) in [6.45, 7) is 5.67. The summed E-state index contributed by atoms with van der Waals surface area (Å²) in [5, 5.41) is 15.7. The van der Waals surface area contributed by atoms with Crippen molar-refractivity contribution in [3.63, 3.8) is 0 Å². The maximum atomic E-state index is 4.17. The van der Waals surface area contributed by atoms with Crippen molar-refractivity contribution in [2.75, 3.05) is 13.1 Å². The van der Waals surface area contributed by atoms with E-state index in [9.17, 15) is 0 Å². The van der Waals surface area contributed by atoms with Crippen molar-refractivity contribution in [2.45, 2.75) is 44.8 Å². The largest absolute Gasteiger partial charge is 0.304 e. The minimum atomic E-state index is 0.187. The van der Waals surface area contributed by atoms with Crippen LogP contribution in [0.5, 0.6) is 0 Å². The second-order valence-corrected chi connectivity index (χ2v) is 7.69. The number of nitrogens with one attached hydrogen (secondary N) is 1. The van der Waals surface area contributed by atoms with Crippen LogP contribution >= 0.6 is 0 Å². The molecule has 4 rings (SSSR count). The number of hydrogen-bond donors (Lipinski definition) is 1. The highest BCUT2D eigenvalue weighted by atomic mass is 15.5. The van der Waals surface area contributed by atoms with Gasteiger partial charge in [-0.25, -0.2) is 4.68 Å². The van der Waals surface area contributed by atoms with Crippen molar-refractivity contribution in [1.29, 1.82) is 0 Å². The van der Waals surface area contributed by atoms with Crippen molar-refractivity contribution >= 4 is 0 Å². The molecular weight excluding hydrogens is 312 g/mol. The normalized spacial score (nSPS) is 28.0. The number of likely N-dealkylation sites (tertiary alicyclic amines) is 1. The Morgan fingerprint density at radius 2 is 2.04 bits per heavy atom. The molecule has 0 spiro atoms. The number of rotatable bonds is 5. The number of hydrogen-bond acceptors (Lipinski definition) is 5. The van der Waals surface area contributed by atoms with Crippen LogP contribution in [0.4, 0.5) is 0 Å². The van der Waals surface area contributed by atoms with Gasteiger partial charge in [0.15, 0.2) is 5.82 Å². The van der Waals surface area contributed by atoms with Gasteiger partial charge in [-0.2, -0.15) is 0 Å². The maximum Gasteiger partial charge on any atom is 0.167 e. The van der Waals surface area contributed by atoms with E-state index in [1.165, 1.54) is 37.9 Å². The van der Waals surface area contributed by atoms with Gasteiger partial charge in [-0.1, -0.05) is 36.8 Å². The summed E-state index contributed by atoms with van der Waals surface area (Å²) in [7, 11) is 1.91. The lowest BCUT2D eigenvalue weighted by molar-refractivity contribution is 0.208. The number of aryl methyl sites for hydroxylation is 1. The quantitative estimate of drug-likeness (QED) is 0.904. The molecule has 2 heterocycles. The fourth-order valence-corrected chi connectivity index (χ4v) is 4.74. The molecule has 4 atom stereocenters. The number of benzene rings is 1. The lowest BCUT2D eigenvalue weighted by atomic mass is 9.78. The van der Waals surface area contributed by atoms with Gasteiger partial charge >= 0.3 is 0 Å². The van der Waals surface area contributed by atoms with Crippen LogP contribution in [0.15, 0.2) is 30.3 Å². The highest BCUT2D eigenvalue weighted by Crippen LogP contribution is 2.37. The Bertz CT molecular complexity index is 684. The van der Waals surface area contributed by atoms with Crippen LogP contribution in [0.2, 0.25) is 0 Å². The monoisotopic (exact) mass is 340 g/mol. The van der Waals surface area contributed by atoms with E-state index in [0.717, 1.165) is 24.2 Å². The fourth-order valence-electron chi connectivity index (χ4n) is 4.74. The molecule has 1 aliphatic carbocycles. The van der Waals surface area contributed by atoms with Crippen molar-refractivity contribution in [3.05, 3.63) is 41.7 Å². The van der Waals surface area contributed by atoms with E-state index in [4.69, 9.17) is 0 Å². The van der Waals surface area contributed by atoms with Crippen LogP contribution in [0.3, 0.4) is 0 Å². The molecule has 2 aromatic rings. The van der Waals surface area contributed by atoms with Gasteiger partial charge in [-0.05, 0) is 47.6 Å². The van der Waals surface area contributed by atoms with Gasteiger partial charge in [-0.15, -0.1) is 5.10 Å². The first kappa shape index (κ1) is 16.7.